The first-order chi connectivity index (χ1) is 14.5. The van der Waals surface area contributed by atoms with Gasteiger partial charge in [-0.05, 0) is 30.3 Å². The first-order valence-corrected chi connectivity index (χ1v) is 10.2. The van der Waals surface area contributed by atoms with Gasteiger partial charge in [0, 0.05) is 43.7 Å². The lowest BCUT2D eigenvalue weighted by Gasteiger charge is -2.37. The third kappa shape index (κ3) is 4.79. The van der Waals surface area contributed by atoms with Crippen LogP contribution in [-0.4, -0.2) is 57.1 Å². The van der Waals surface area contributed by atoms with Crippen molar-refractivity contribution in [2.45, 2.75) is 13.3 Å². The molecule has 7 nitrogen and oxygen atoms in total. The zero-order chi connectivity index (χ0) is 21.7. The predicted octanol–water partition coefficient (Wildman–Crippen LogP) is 3.67. The highest BCUT2D eigenvalue weighted by molar-refractivity contribution is 6.31. The van der Waals surface area contributed by atoms with Crippen LogP contribution in [0.25, 0.3) is 0 Å². The van der Waals surface area contributed by atoms with Gasteiger partial charge in [-0.1, -0.05) is 18.5 Å². The molecule has 8 heteroatoms. The lowest BCUT2D eigenvalue weighted by Crippen LogP contribution is -2.48. The van der Waals surface area contributed by atoms with Crippen molar-refractivity contribution >= 4 is 34.8 Å². The zero-order valence-electron chi connectivity index (χ0n) is 17.4. The summed E-state index contributed by atoms with van der Waals surface area (Å²) in [7, 11) is 3.06. The first-order valence-electron chi connectivity index (χ1n) is 9.82. The number of ether oxygens (including phenoxy) is 2. The van der Waals surface area contributed by atoms with Gasteiger partial charge in [-0.2, -0.15) is 0 Å². The maximum atomic E-state index is 13.0. The third-order valence-electron chi connectivity index (χ3n) is 5.14. The molecule has 1 heterocycles. The van der Waals surface area contributed by atoms with Gasteiger partial charge in [-0.15, -0.1) is 0 Å². The van der Waals surface area contributed by atoms with Gasteiger partial charge in [0.25, 0.3) is 5.91 Å². The summed E-state index contributed by atoms with van der Waals surface area (Å²) in [5.41, 5.74) is 1.87. The average Bonchev–Trinajstić information content (AvgIpc) is 2.78. The van der Waals surface area contributed by atoms with Crippen molar-refractivity contribution in [3.63, 3.8) is 0 Å². The highest BCUT2D eigenvalue weighted by Gasteiger charge is 2.23. The van der Waals surface area contributed by atoms with Gasteiger partial charge in [0.1, 0.15) is 11.5 Å². The van der Waals surface area contributed by atoms with E-state index in [2.05, 4.69) is 10.2 Å². The number of benzene rings is 2. The smallest absolute Gasteiger partial charge is 0.259 e. The molecule has 1 N–H and O–H groups in total. The van der Waals surface area contributed by atoms with Gasteiger partial charge >= 0.3 is 0 Å². The minimum Gasteiger partial charge on any atom is -0.497 e. The Morgan fingerprint density at radius 2 is 1.77 bits per heavy atom. The average molecular weight is 432 g/mol. The van der Waals surface area contributed by atoms with Crippen LogP contribution in [0.5, 0.6) is 11.5 Å². The number of hydrogen-bond donors (Lipinski definition) is 1. The van der Waals surface area contributed by atoms with E-state index in [9.17, 15) is 9.59 Å². The molecule has 1 aliphatic heterocycles. The number of nitrogens with one attached hydrogen (secondary N) is 1. The van der Waals surface area contributed by atoms with Gasteiger partial charge in [-0.25, -0.2) is 0 Å². The molecule has 30 heavy (non-hydrogen) atoms. The molecule has 0 bridgehead atoms. The van der Waals surface area contributed by atoms with Crippen LogP contribution in [0.4, 0.5) is 11.4 Å². The van der Waals surface area contributed by atoms with E-state index < -0.39 is 0 Å². The van der Waals surface area contributed by atoms with E-state index in [1.807, 2.05) is 17.9 Å². The Balaban J connectivity index is 1.81. The monoisotopic (exact) mass is 431 g/mol. The maximum Gasteiger partial charge on any atom is 0.259 e. The van der Waals surface area contributed by atoms with Crippen LogP contribution >= 0.6 is 11.6 Å². The van der Waals surface area contributed by atoms with Gasteiger partial charge < -0.3 is 24.6 Å². The van der Waals surface area contributed by atoms with E-state index in [0.717, 1.165) is 5.69 Å². The normalized spacial score (nSPS) is 13.7. The van der Waals surface area contributed by atoms with Crippen LogP contribution < -0.4 is 19.7 Å². The highest BCUT2D eigenvalue weighted by atomic mass is 35.5. The topological polar surface area (TPSA) is 71.1 Å². The largest absolute Gasteiger partial charge is 0.497 e. The summed E-state index contributed by atoms with van der Waals surface area (Å²) in [6.07, 6.45) is 0.506. The van der Waals surface area contributed by atoms with E-state index in [-0.39, 0.29) is 11.8 Å². The van der Waals surface area contributed by atoms with Gasteiger partial charge in [0.15, 0.2) is 0 Å². The van der Waals surface area contributed by atoms with Crippen molar-refractivity contribution in [2.24, 2.45) is 0 Å². The number of nitrogens with zero attached hydrogens (tertiary/aromatic N) is 2. The van der Waals surface area contributed by atoms with Gasteiger partial charge in [0.2, 0.25) is 5.91 Å². The molecule has 2 aromatic carbocycles. The molecule has 1 aliphatic rings. The minimum absolute atomic E-state index is 0.158. The van der Waals surface area contributed by atoms with E-state index in [4.69, 9.17) is 21.1 Å². The quantitative estimate of drug-likeness (QED) is 0.755. The number of amides is 2. The fourth-order valence-electron chi connectivity index (χ4n) is 3.48. The van der Waals surface area contributed by atoms with Crippen LogP contribution in [0.1, 0.15) is 23.7 Å². The Bertz CT molecular complexity index is 927. The number of carbonyl (C=O) groups is 2. The number of piperazine rings is 1. The summed E-state index contributed by atoms with van der Waals surface area (Å²) >= 11 is 6.20. The summed E-state index contributed by atoms with van der Waals surface area (Å²) in [5, 5.41) is 3.48. The summed E-state index contributed by atoms with van der Waals surface area (Å²) in [6.45, 7) is 4.53. The molecule has 3 rings (SSSR count). The molecular weight excluding hydrogens is 406 g/mol. The maximum absolute atomic E-state index is 13.0. The minimum atomic E-state index is -0.308. The summed E-state index contributed by atoms with van der Waals surface area (Å²) < 4.78 is 10.5. The van der Waals surface area contributed by atoms with Gasteiger partial charge in [0.05, 0.1) is 31.2 Å². The third-order valence-corrected chi connectivity index (χ3v) is 5.37. The van der Waals surface area contributed by atoms with Crippen LogP contribution in [0, 0.1) is 0 Å². The molecule has 1 saturated heterocycles. The van der Waals surface area contributed by atoms with Crippen molar-refractivity contribution in [3.05, 3.63) is 47.0 Å². The Labute approximate surface area is 181 Å². The molecule has 160 valence electrons. The van der Waals surface area contributed by atoms with E-state index in [1.165, 1.54) is 7.11 Å². The van der Waals surface area contributed by atoms with Crippen molar-refractivity contribution in [1.29, 1.82) is 0 Å². The van der Waals surface area contributed by atoms with Crippen molar-refractivity contribution in [2.75, 3.05) is 50.6 Å². The fraction of sp³-hybridized carbons (Fsp3) is 0.364. The number of hydrogen-bond acceptors (Lipinski definition) is 5. The summed E-state index contributed by atoms with van der Waals surface area (Å²) in [6, 6.07) is 10.4. The molecule has 0 saturated carbocycles. The molecule has 0 unspecified atom stereocenters. The van der Waals surface area contributed by atoms with E-state index in [1.54, 1.807) is 37.4 Å². The summed E-state index contributed by atoms with van der Waals surface area (Å²) in [5.74, 6) is 0.872. The number of anilines is 2. The molecule has 0 spiro atoms. The molecule has 2 aromatic rings. The summed E-state index contributed by atoms with van der Waals surface area (Å²) in [4.78, 5) is 28.9. The van der Waals surface area contributed by atoms with Crippen LogP contribution in [0.15, 0.2) is 36.4 Å². The van der Waals surface area contributed by atoms with E-state index in [0.29, 0.717) is 60.4 Å². The second-order valence-corrected chi connectivity index (χ2v) is 7.34. The standard InChI is InChI=1S/C22H26ClN3O4/c1-4-21(27)26-11-9-25(10-12-26)19-8-5-15(23)13-18(19)24-22(28)17-7-6-16(29-2)14-20(17)30-3/h5-8,13-14H,4,9-12H2,1-3H3,(H,24,28). The van der Waals surface area contributed by atoms with Crippen LogP contribution in [-0.2, 0) is 4.79 Å². The van der Waals surface area contributed by atoms with Crippen LogP contribution in [0.3, 0.4) is 0 Å². The molecule has 1 fully saturated rings. The Morgan fingerprint density at radius 3 is 2.40 bits per heavy atom. The SMILES string of the molecule is CCC(=O)N1CCN(c2ccc(Cl)cc2NC(=O)c2ccc(OC)cc2OC)CC1. The Morgan fingerprint density at radius 1 is 1.03 bits per heavy atom. The molecule has 2 amide bonds. The van der Waals surface area contributed by atoms with Gasteiger partial charge in [-0.3, -0.25) is 9.59 Å². The number of carbonyl (C=O) groups excluding carboxylic acids is 2. The number of methoxy groups -OCH3 is 2. The fourth-order valence-corrected chi connectivity index (χ4v) is 3.65. The highest BCUT2D eigenvalue weighted by Crippen LogP contribution is 2.32. The molecule has 0 aliphatic carbocycles. The Kier molecular flexibility index (Phi) is 7.05. The predicted molar refractivity (Wildman–Crippen MR) is 118 cm³/mol. The second kappa shape index (κ2) is 9.71. The number of halogens is 1. The van der Waals surface area contributed by atoms with E-state index >= 15 is 0 Å². The van der Waals surface area contributed by atoms with Crippen LogP contribution in [0.2, 0.25) is 5.02 Å². The molecule has 0 atom stereocenters. The Hall–Kier alpha value is -2.93. The van der Waals surface area contributed by atoms with Crippen molar-refractivity contribution in [1.82, 2.24) is 4.90 Å². The molecular formula is C22H26ClN3O4. The lowest BCUT2D eigenvalue weighted by molar-refractivity contribution is -0.131. The van der Waals surface area contributed by atoms with Crippen molar-refractivity contribution in [3.8, 4) is 11.5 Å². The molecule has 0 aromatic heterocycles. The lowest BCUT2D eigenvalue weighted by atomic mass is 10.1. The number of rotatable bonds is 6. The molecule has 0 radical (unpaired) electrons. The first kappa shape index (κ1) is 21.8. The second-order valence-electron chi connectivity index (χ2n) is 6.90. The zero-order valence-corrected chi connectivity index (χ0v) is 18.2. The van der Waals surface area contributed by atoms with Crippen molar-refractivity contribution < 1.29 is 19.1 Å².